The number of carbonyl (C=O) groups is 1. The third-order valence-electron chi connectivity index (χ3n) is 4.47. The Labute approximate surface area is 109 Å². The monoisotopic (exact) mass is 246 g/mol. The zero-order chi connectivity index (χ0) is 13.3. The summed E-state index contributed by atoms with van der Waals surface area (Å²) in [7, 11) is 0. The average Bonchev–Trinajstić information content (AvgIpc) is 2.34. The van der Waals surface area contributed by atoms with Crippen LogP contribution in [0.25, 0.3) is 0 Å². The van der Waals surface area contributed by atoms with Gasteiger partial charge in [-0.1, -0.05) is 31.4 Å². The third kappa shape index (κ3) is 2.05. The Morgan fingerprint density at radius 2 is 1.56 bits per heavy atom. The van der Waals surface area contributed by atoms with Gasteiger partial charge >= 0.3 is 5.97 Å². The van der Waals surface area contributed by atoms with Crippen LogP contribution in [-0.2, 0) is 10.2 Å². The number of benzene rings is 1. The molecule has 98 valence electrons. The van der Waals surface area contributed by atoms with Gasteiger partial charge in [-0.25, -0.2) is 0 Å². The Balaban J connectivity index is 2.55. The van der Waals surface area contributed by atoms with E-state index in [2.05, 4.69) is 26.0 Å². The molecule has 1 aliphatic rings. The van der Waals surface area contributed by atoms with Crippen molar-refractivity contribution in [1.29, 1.82) is 0 Å². The van der Waals surface area contributed by atoms with Crippen molar-refractivity contribution < 1.29 is 9.90 Å². The van der Waals surface area contributed by atoms with Crippen LogP contribution in [0.4, 0.5) is 0 Å². The molecule has 0 radical (unpaired) electrons. The molecule has 2 nitrogen and oxygen atoms in total. The van der Waals surface area contributed by atoms with E-state index in [9.17, 15) is 9.90 Å². The predicted molar refractivity (Wildman–Crippen MR) is 73.1 cm³/mol. The molecule has 18 heavy (non-hydrogen) atoms. The van der Waals surface area contributed by atoms with Gasteiger partial charge < -0.3 is 5.11 Å². The van der Waals surface area contributed by atoms with Crippen LogP contribution in [0, 0.1) is 20.8 Å². The Bertz CT molecular complexity index is 468. The van der Waals surface area contributed by atoms with Gasteiger partial charge in [0.1, 0.15) is 0 Å². The number of aliphatic carboxylic acids is 1. The van der Waals surface area contributed by atoms with Gasteiger partial charge in [0, 0.05) is 0 Å². The smallest absolute Gasteiger partial charge is 0.314 e. The maximum atomic E-state index is 11.8. The fraction of sp³-hybridized carbons (Fsp3) is 0.562. The lowest BCUT2D eigenvalue weighted by Gasteiger charge is -2.35. The van der Waals surface area contributed by atoms with Crippen molar-refractivity contribution in [3.63, 3.8) is 0 Å². The normalized spacial score (nSPS) is 18.6. The van der Waals surface area contributed by atoms with Gasteiger partial charge in [0.2, 0.25) is 0 Å². The quantitative estimate of drug-likeness (QED) is 0.859. The molecule has 1 aromatic carbocycles. The summed E-state index contributed by atoms with van der Waals surface area (Å²) < 4.78 is 0. The van der Waals surface area contributed by atoms with E-state index in [-0.39, 0.29) is 0 Å². The molecule has 0 aliphatic heterocycles. The van der Waals surface area contributed by atoms with E-state index in [0.717, 1.165) is 36.8 Å². The summed E-state index contributed by atoms with van der Waals surface area (Å²) in [6.07, 6.45) is 4.79. The SMILES string of the molecule is Cc1cc(C)c(C2(C(=O)O)CCCCC2)cc1C. The van der Waals surface area contributed by atoms with Crippen LogP contribution < -0.4 is 0 Å². The maximum absolute atomic E-state index is 11.8. The van der Waals surface area contributed by atoms with Crippen LogP contribution in [0.1, 0.15) is 54.4 Å². The molecule has 2 rings (SSSR count). The molecule has 0 atom stereocenters. The second-order valence-corrected chi connectivity index (χ2v) is 5.70. The molecule has 0 saturated heterocycles. The largest absolute Gasteiger partial charge is 0.481 e. The van der Waals surface area contributed by atoms with Crippen LogP contribution in [0.5, 0.6) is 0 Å². The molecule has 0 unspecified atom stereocenters. The first kappa shape index (κ1) is 13.1. The minimum absolute atomic E-state index is 0.638. The van der Waals surface area contributed by atoms with Gasteiger partial charge in [0.15, 0.2) is 0 Å². The second-order valence-electron chi connectivity index (χ2n) is 5.70. The van der Waals surface area contributed by atoms with Crippen LogP contribution in [0.15, 0.2) is 12.1 Å². The van der Waals surface area contributed by atoms with Crippen LogP contribution in [0.3, 0.4) is 0 Å². The number of hydrogen-bond donors (Lipinski definition) is 1. The molecule has 2 heteroatoms. The highest BCUT2D eigenvalue weighted by Gasteiger charge is 2.42. The first-order chi connectivity index (χ1) is 8.47. The standard InChI is InChI=1S/C16H22O2/c1-11-9-13(3)14(10-12(11)2)16(15(17)18)7-5-4-6-8-16/h9-10H,4-8H2,1-3H3,(H,17,18). The van der Waals surface area contributed by atoms with Crippen molar-refractivity contribution in [3.05, 3.63) is 34.4 Å². The molecular formula is C16H22O2. The van der Waals surface area contributed by atoms with Gasteiger partial charge in [-0.3, -0.25) is 4.79 Å². The zero-order valence-corrected chi connectivity index (χ0v) is 11.5. The molecule has 1 fully saturated rings. The summed E-state index contributed by atoms with van der Waals surface area (Å²) in [5.74, 6) is -0.645. The third-order valence-corrected chi connectivity index (χ3v) is 4.47. The lowest BCUT2D eigenvalue weighted by atomic mass is 9.68. The lowest BCUT2D eigenvalue weighted by Crippen LogP contribution is -2.38. The molecule has 0 bridgehead atoms. The Morgan fingerprint density at radius 3 is 2.11 bits per heavy atom. The van der Waals surface area contributed by atoms with Crippen molar-refractivity contribution in [3.8, 4) is 0 Å². The molecule has 1 aliphatic carbocycles. The molecule has 1 N–H and O–H groups in total. The van der Waals surface area contributed by atoms with E-state index in [1.165, 1.54) is 17.5 Å². The van der Waals surface area contributed by atoms with Crippen molar-refractivity contribution in [2.75, 3.05) is 0 Å². The minimum atomic E-state index is -0.645. The zero-order valence-electron chi connectivity index (χ0n) is 11.5. The van der Waals surface area contributed by atoms with Crippen LogP contribution in [-0.4, -0.2) is 11.1 Å². The van der Waals surface area contributed by atoms with E-state index in [0.29, 0.717) is 0 Å². The highest BCUT2D eigenvalue weighted by molar-refractivity contribution is 5.82. The Morgan fingerprint density at radius 1 is 1.00 bits per heavy atom. The molecule has 0 spiro atoms. The number of rotatable bonds is 2. The van der Waals surface area contributed by atoms with Crippen LogP contribution in [0.2, 0.25) is 0 Å². The number of hydrogen-bond acceptors (Lipinski definition) is 1. The number of carboxylic acids is 1. The van der Waals surface area contributed by atoms with E-state index in [1.807, 2.05) is 6.92 Å². The summed E-state index contributed by atoms with van der Waals surface area (Å²) in [4.78, 5) is 11.8. The number of aryl methyl sites for hydroxylation is 3. The topological polar surface area (TPSA) is 37.3 Å². The van der Waals surface area contributed by atoms with E-state index in [4.69, 9.17) is 0 Å². The van der Waals surface area contributed by atoms with E-state index < -0.39 is 11.4 Å². The predicted octanol–water partition coefficient (Wildman–Crippen LogP) is 3.90. The first-order valence-electron chi connectivity index (χ1n) is 6.79. The fourth-order valence-corrected chi connectivity index (χ4v) is 3.23. The van der Waals surface area contributed by atoms with Crippen LogP contribution >= 0.6 is 0 Å². The summed E-state index contributed by atoms with van der Waals surface area (Å²) in [6, 6.07) is 4.23. The maximum Gasteiger partial charge on any atom is 0.314 e. The minimum Gasteiger partial charge on any atom is -0.481 e. The summed E-state index contributed by atoms with van der Waals surface area (Å²) in [5.41, 5.74) is 3.97. The Kier molecular flexibility index (Phi) is 3.47. The van der Waals surface area contributed by atoms with Crippen molar-refractivity contribution in [2.45, 2.75) is 58.3 Å². The molecule has 1 aromatic rings. The van der Waals surface area contributed by atoms with Crippen molar-refractivity contribution in [2.24, 2.45) is 0 Å². The number of carboxylic acid groups (broad SMARTS) is 1. The van der Waals surface area contributed by atoms with Crippen molar-refractivity contribution in [1.82, 2.24) is 0 Å². The highest BCUT2D eigenvalue weighted by Crippen LogP contribution is 2.41. The molecule has 1 saturated carbocycles. The van der Waals surface area contributed by atoms with Gasteiger partial charge in [-0.05, 0) is 55.9 Å². The fourth-order valence-electron chi connectivity index (χ4n) is 3.23. The van der Waals surface area contributed by atoms with E-state index in [1.54, 1.807) is 0 Å². The summed E-state index contributed by atoms with van der Waals surface area (Å²) in [5, 5.41) is 9.73. The second kappa shape index (κ2) is 4.75. The van der Waals surface area contributed by atoms with Gasteiger partial charge in [-0.2, -0.15) is 0 Å². The Hall–Kier alpha value is -1.31. The lowest BCUT2D eigenvalue weighted by molar-refractivity contribution is -0.145. The average molecular weight is 246 g/mol. The molecular weight excluding hydrogens is 224 g/mol. The van der Waals surface area contributed by atoms with E-state index >= 15 is 0 Å². The summed E-state index contributed by atoms with van der Waals surface area (Å²) in [6.45, 7) is 6.19. The first-order valence-corrected chi connectivity index (χ1v) is 6.79. The van der Waals surface area contributed by atoms with Gasteiger partial charge in [0.25, 0.3) is 0 Å². The molecule has 0 amide bonds. The summed E-state index contributed by atoms with van der Waals surface area (Å²) >= 11 is 0. The van der Waals surface area contributed by atoms with Crippen molar-refractivity contribution >= 4 is 5.97 Å². The molecule has 0 aromatic heterocycles. The highest BCUT2D eigenvalue weighted by atomic mass is 16.4. The molecule has 0 heterocycles. The van der Waals surface area contributed by atoms with Gasteiger partial charge in [0.05, 0.1) is 5.41 Å². The van der Waals surface area contributed by atoms with Gasteiger partial charge in [-0.15, -0.1) is 0 Å².